The van der Waals surface area contributed by atoms with Gasteiger partial charge in [0.15, 0.2) is 0 Å². The molecule has 0 bridgehead atoms. The van der Waals surface area contributed by atoms with E-state index in [9.17, 15) is 0 Å². The van der Waals surface area contributed by atoms with Crippen LogP contribution in [0.2, 0.25) is 0 Å². The third-order valence-corrected chi connectivity index (χ3v) is 3.23. The van der Waals surface area contributed by atoms with E-state index in [0.717, 1.165) is 5.75 Å². The van der Waals surface area contributed by atoms with Crippen LogP contribution in [0.1, 0.15) is 11.6 Å². The largest absolute Gasteiger partial charge is 0.497 e. The lowest BCUT2D eigenvalue weighted by Gasteiger charge is -2.25. The smallest absolute Gasteiger partial charge is 0.147 e. The summed E-state index contributed by atoms with van der Waals surface area (Å²) in [5, 5.41) is 3.27. The molecule has 0 spiro atoms. The van der Waals surface area contributed by atoms with Crippen LogP contribution in [0.25, 0.3) is 0 Å². The summed E-state index contributed by atoms with van der Waals surface area (Å²) in [5.41, 5.74) is 6.80. The van der Waals surface area contributed by atoms with Crippen LogP contribution in [0.5, 0.6) is 5.75 Å². The number of hydrogen-bond acceptors (Lipinski definition) is 6. The average molecular weight is 287 g/mol. The Hall–Kier alpha value is -2.34. The molecule has 1 aromatic heterocycles. The number of anilines is 2. The Morgan fingerprint density at radius 3 is 2.81 bits per heavy atom. The standard InChI is InChI=1S/C15H21N5O/c1-20(2)13(11-5-4-6-12(7-11)21-3)8-18-15-10-17-9-14(16)19-15/h4-7,9-10,13H,8H2,1-3H3,(H3,16,18,19). The van der Waals surface area contributed by atoms with Crippen molar-refractivity contribution in [1.82, 2.24) is 14.9 Å². The predicted molar refractivity (Wildman–Crippen MR) is 84.4 cm³/mol. The molecule has 1 unspecified atom stereocenters. The first-order chi connectivity index (χ1) is 10.1. The van der Waals surface area contributed by atoms with E-state index >= 15 is 0 Å². The monoisotopic (exact) mass is 287 g/mol. The summed E-state index contributed by atoms with van der Waals surface area (Å²) in [6.07, 6.45) is 3.19. The molecule has 0 aliphatic heterocycles. The summed E-state index contributed by atoms with van der Waals surface area (Å²) in [5.74, 6) is 1.93. The van der Waals surface area contributed by atoms with Gasteiger partial charge in [0, 0.05) is 6.54 Å². The minimum absolute atomic E-state index is 0.184. The Balaban J connectivity index is 2.12. The van der Waals surface area contributed by atoms with Crippen molar-refractivity contribution in [2.45, 2.75) is 6.04 Å². The summed E-state index contributed by atoms with van der Waals surface area (Å²) in [7, 11) is 5.75. The van der Waals surface area contributed by atoms with Gasteiger partial charge >= 0.3 is 0 Å². The quantitative estimate of drug-likeness (QED) is 0.843. The van der Waals surface area contributed by atoms with Gasteiger partial charge in [-0.3, -0.25) is 4.98 Å². The first-order valence-corrected chi connectivity index (χ1v) is 6.72. The molecule has 2 aromatic rings. The van der Waals surface area contributed by atoms with Crippen molar-refractivity contribution in [3.05, 3.63) is 42.2 Å². The lowest BCUT2D eigenvalue weighted by atomic mass is 10.1. The van der Waals surface area contributed by atoms with Crippen molar-refractivity contribution < 1.29 is 4.74 Å². The summed E-state index contributed by atoms with van der Waals surface area (Å²) in [4.78, 5) is 10.4. The number of methoxy groups -OCH3 is 1. The van der Waals surface area contributed by atoms with Crippen LogP contribution in [0.4, 0.5) is 11.6 Å². The molecule has 0 saturated carbocycles. The number of aromatic nitrogens is 2. The number of nitrogens with two attached hydrogens (primary N) is 1. The molecule has 0 fully saturated rings. The lowest BCUT2D eigenvalue weighted by Crippen LogP contribution is -2.27. The van der Waals surface area contributed by atoms with Crippen LogP contribution in [0, 0.1) is 0 Å². The summed E-state index contributed by atoms with van der Waals surface area (Å²) < 4.78 is 5.29. The molecule has 0 radical (unpaired) electrons. The van der Waals surface area contributed by atoms with Crippen LogP contribution in [0.15, 0.2) is 36.7 Å². The van der Waals surface area contributed by atoms with Crippen molar-refractivity contribution >= 4 is 11.6 Å². The van der Waals surface area contributed by atoms with Crippen molar-refractivity contribution in [3.8, 4) is 5.75 Å². The molecule has 3 N–H and O–H groups in total. The van der Waals surface area contributed by atoms with Gasteiger partial charge < -0.3 is 20.7 Å². The summed E-state index contributed by atoms with van der Waals surface area (Å²) in [6, 6.07) is 8.23. The van der Waals surface area contributed by atoms with Gasteiger partial charge in [0.2, 0.25) is 0 Å². The van der Waals surface area contributed by atoms with Gasteiger partial charge in [-0.2, -0.15) is 0 Å². The van der Waals surface area contributed by atoms with Crippen molar-refractivity contribution in [2.24, 2.45) is 0 Å². The normalized spacial score (nSPS) is 12.2. The van der Waals surface area contributed by atoms with E-state index < -0.39 is 0 Å². The highest BCUT2D eigenvalue weighted by Gasteiger charge is 2.15. The topological polar surface area (TPSA) is 76.3 Å². The number of nitrogens with zero attached hydrogens (tertiary/aromatic N) is 3. The molecule has 0 aliphatic rings. The molecule has 6 nitrogen and oxygen atoms in total. The van der Waals surface area contributed by atoms with Gasteiger partial charge in [-0.25, -0.2) is 4.98 Å². The van der Waals surface area contributed by atoms with E-state index in [-0.39, 0.29) is 6.04 Å². The molecule has 2 rings (SSSR count). The van der Waals surface area contributed by atoms with E-state index in [4.69, 9.17) is 10.5 Å². The summed E-state index contributed by atoms with van der Waals surface area (Å²) >= 11 is 0. The number of nitrogen functional groups attached to an aromatic ring is 1. The molecular weight excluding hydrogens is 266 g/mol. The zero-order valence-corrected chi connectivity index (χ0v) is 12.6. The van der Waals surface area contributed by atoms with Crippen LogP contribution in [0.3, 0.4) is 0 Å². The fourth-order valence-corrected chi connectivity index (χ4v) is 2.11. The van der Waals surface area contributed by atoms with Crippen LogP contribution in [-0.2, 0) is 0 Å². The van der Waals surface area contributed by atoms with E-state index in [2.05, 4.69) is 26.3 Å². The Morgan fingerprint density at radius 2 is 2.14 bits per heavy atom. The average Bonchev–Trinajstić information content (AvgIpc) is 2.47. The summed E-state index contributed by atoms with van der Waals surface area (Å²) in [6.45, 7) is 0.693. The molecule has 21 heavy (non-hydrogen) atoms. The molecule has 0 saturated heterocycles. The van der Waals surface area contributed by atoms with Gasteiger partial charge in [-0.05, 0) is 31.8 Å². The number of likely N-dealkylation sites (N-methyl/N-ethyl adjacent to an activating group) is 1. The zero-order valence-electron chi connectivity index (χ0n) is 12.6. The molecular formula is C15H21N5O. The number of hydrogen-bond donors (Lipinski definition) is 2. The molecule has 0 amide bonds. The Morgan fingerprint density at radius 1 is 1.33 bits per heavy atom. The highest BCUT2D eigenvalue weighted by molar-refractivity contribution is 5.39. The van der Waals surface area contributed by atoms with Gasteiger partial charge in [-0.1, -0.05) is 12.1 Å². The highest BCUT2D eigenvalue weighted by atomic mass is 16.5. The Labute approximate surface area is 125 Å². The first kappa shape index (κ1) is 15.1. The van der Waals surface area contributed by atoms with Crippen molar-refractivity contribution in [3.63, 3.8) is 0 Å². The fraction of sp³-hybridized carbons (Fsp3) is 0.333. The Kier molecular flexibility index (Phi) is 4.94. The maximum absolute atomic E-state index is 5.63. The molecule has 1 heterocycles. The molecule has 6 heteroatoms. The maximum atomic E-state index is 5.63. The van der Waals surface area contributed by atoms with Crippen molar-refractivity contribution in [1.29, 1.82) is 0 Å². The molecule has 112 valence electrons. The van der Waals surface area contributed by atoms with Gasteiger partial charge in [0.1, 0.15) is 17.4 Å². The highest BCUT2D eigenvalue weighted by Crippen LogP contribution is 2.23. The van der Waals surface area contributed by atoms with Gasteiger partial charge in [0.25, 0.3) is 0 Å². The molecule has 0 aliphatic carbocycles. The third-order valence-electron chi connectivity index (χ3n) is 3.23. The van der Waals surface area contributed by atoms with Gasteiger partial charge in [0.05, 0.1) is 25.5 Å². The fourth-order valence-electron chi connectivity index (χ4n) is 2.11. The van der Waals surface area contributed by atoms with E-state index in [1.807, 2.05) is 32.3 Å². The van der Waals surface area contributed by atoms with Crippen LogP contribution in [-0.4, -0.2) is 42.6 Å². The van der Waals surface area contributed by atoms with E-state index in [0.29, 0.717) is 18.2 Å². The first-order valence-electron chi connectivity index (χ1n) is 6.72. The molecule has 1 atom stereocenters. The SMILES string of the molecule is COc1cccc(C(CNc2cncc(N)n2)N(C)C)c1. The van der Waals surface area contributed by atoms with Crippen LogP contribution >= 0.6 is 0 Å². The minimum atomic E-state index is 0.184. The zero-order chi connectivity index (χ0) is 15.2. The van der Waals surface area contributed by atoms with Crippen molar-refractivity contribution in [2.75, 3.05) is 38.8 Å². The second-order valence-corrected chi connectivity index (χ2v) is 4.97. The Bertz CT molecular complexity index is 588. The molecule has 1 aromatic carbocycles. The maximum Gasteiger partial charge on any atom is 0.147 e. The lowest BCUT2D eigenvalue weighted by molar-refractivity contribution is 0.310. The van der Waals surface area contributed by atoms with Crippen LogP contribution < -0.4 is 15.8 Å². The van der Waals surface area contributed by atoms with E-state index in [1.165, 1.54) is 11.8 Å². The second-order valence-electron chi connectivity index (χ2n) is 4.97. The number of benzene rings is 1. The minimum Gasteiger partial charge on any atom is -0.497 e. The predicted octanol–water partition coefficient (Wildman–Crippen LogP) is 1.78. The van der Waals surface area contributed by atoms with E-state index in [1.54, 1.807) is 13.3 Å². The third kappa shape index (κ3) is 4.06. The second kappa shape index (κ2) is 6.90. The number of ether oxygens (including phenoxy) is 1. The number of rotatable bonds is 6. The number of nitrogens with one attached hydrogen (secondary N) is 1. The van der Waals surface area contributed by atoms with Gasteiger partial charge in [-0.15, -0.1) is 0 Å².